The molecule has 0 aromatic rings. The Labute approximate surface area is 90.4 Å². The summed E-state index contributed by atoms with van der Waals surface area (Å²) in [5.74, 6) is -0.362. The van der Waals surface area contributed by atoms with E-state index in [4.69, 9.17) is 0 Å². The number of hydrogen-bond acceptors (Lipinski definition) is 4. The van der Waals surface area contributed by atoms with E-state index in [1.54, 1.807) is 32.8 Å². The molecule has 0 N–H and O–H groups in total. The van der Waals surface area contributed by atoms with Gasteiger partial charge in [-0.15, -0.1) is 0 Å². The summed E-state index contributed by atoms with van der Waals surface area (Å²) in [6.07, 6.45) is 1.35. The average Bonchev–Trinajstić information content (AvgIpc) is 2.18. The molecule has 1 fully saturated rings. The minimum atomic E-state index is -3.61. The third kappa shape index (κ3) is 1.68. The topological polar surface area (TPSA) is 57.7 Å². The second-order valence-corrected chi connectivity index (χ2v) is 6.26. The maximum atomic E-state index is 11.9. The van der Waals surface area contributed by atoms with Gasteiger partial charge in [-0.3, -0.25) is 4.79 Å². The first-order valence-electron chi connectivity index (χ1n) is 4.54. The number of sulfonamides is 1. The van der Waals surface area contributed by atoms with Crippen molar-refractivity contribution in [3.63, 3.8) is 0 Å². The molecule has 0 amide bonds. The van der Waals surface area contributed by atoms with E-state index in [2.05, 4.69) is 0 Å². The van der Waals surface area contributed by atoms with Crippen molar-refractivity contribution in [2.24, 2.45) is 0 Å². The number of ketones is 1. The molecule has 0 saturated carbocycles. The van der Waals surface area contributed by atoms with E-state index in [1.165, 1.54) is 13.2 Å². The lowest BCUT2D eigenvalue weighted by Gasteiger charge is -2.22. The number of hydrogen-bond donors (Lipinski definition) is 0. The highest BCUT2D eigenvalue weighted by Gasteiger charge is 2.52. The average molecular weight is 232 g/mol. The molecule has 0 atom stereocenters. The van der Waals surface area contributed by atoms with Crippen LogP contribution >= 0.6 is 0 Å². The Morgan fingerprint density at radius 2 is 1.80 bits per heavy atom. The summed E-state index contributed by atoms with van der Waals surface area (Å²) in [7, 11) is 1.17. The smallest absolute Gasteiger partial charge is 0.248 e. The molecule has 1 aliphatic heterocycles. The minimum Gasteiger partial charge on any atom is -0.382 e. The van der Waals surface area contributed by atoms with Crippen LogP contribution in [0.2, 0.25) is 0 Å². The predicted molar refractivity (Wildman–Crippen MR) is 57.5 cm³/mol. The van der Waals surface area contributed by atoms with Crippen molar-refractivity contribution in [1.82, 2.24) is 9.21 Å². The molecule has 1 saturated heterocycles. The van der Waals surface area contributed by atoms with Crippen LogP contribution in [-0.2, 0) is 14.8 Å². The maximum absolute atomic E-state index is 11.9. The molecule has 0 aromatic carbocycles. The fraction of sp³-hybridized carbons (Fsp3) is 0.667. The summed E-state index contributed by atoms with van der Waals surface area (Å²) in [5.41, 5.74) is -0.985. The van der Waals surface area contributed by atoms with Gasteiger partial charge in [-0.2, -0.15) is 4.31 Å². The highest BCUT2D eigenvalue weighted by molar-refractivity contribution is 7.94. The standard InChI is InChI=1S/C9H16N2O3S/c1-9(2)8(12)7(6-10(3)4)15(13,14)11(9)5/h6H,1-5H3/b7-6-. The maximum Gasteiger partial charge on any atom is 0.248 e. The van der Waals surface area contributed by atoms with E-state index >= 15 is 0 Å². The lowest BCUT2D eigenvalue weighted by atomic mass is 10.00. The normalized spacial score (nSPS) is 27.3. The molecule has 6 heteroatoms. The van der Waals surface area contributed by atoms with Gasteiger partial charge in [-0.05, 0) is 13.8 Å². The van der Waals surface area contributed by atoms with E-state index in [9.17, 15) is 13.2 Å². The number of Topliss-reactive ketones (excluding diaryl/α,β-unsaturated/α-hetero) is 1. The first kappa shape index (κ1) is 12.2. The van der Waals surface area contributed by atoms with Gasteiger partial charge in [0.2, 0.25) is 10.0 Å². The zero-order chi connectivity index (χ0) is 12.0. The van der Waals surface area contributed by atoms with Crippen LogP contribution in [0.4, 0.5) is 0 Å². The van der Waals surface area contributed by atoms with Crippen molar-refractivity contribution < 1.29 is 13.2 Å². The minimum absolute atomic E-state index is 0.139. The quantitative estimate of drug-likeness (QED) is 0.598. The SMILES string of the molecule is CN(C)/C=C1/C(=O)C(C)(C)N(C)S1(=O)=O. The lowest BCUT2D eigenvalue weighted by molar-refractivity contribution is -0.120. The third-order valence-electron chi connectivity index (χ3n) is 2.58. The predicted octanol–water partition coefficient (Wildman–Crippen LogP) is 0.0123. The van der Waals surface area contributed by atoms with Gasteiger partial charge < -0.3 is 4.90 Å². The van der Waals surface area contributed by atoms with Gasteiger partial charge in [0, 0.05) is 27.3 Å². The summed E-state index contributed by atoms with van der Waals surface area (Å²) in [5, 5.41) is 0. The molecule has 86 valence electrons. The molecule has 1 rings (SSSR count). The van der Waals surface area contributed by atoms with Crippen LogP contribution in [0.1, 0.15) is 13.8 Å². The molecule has 0 aromatic heterocycles. The van der Waals surface area contributed by atoms with E-state index < -0.39 is 15.6 Å². The molecule has 15 heavy (non-hydrogen) atoms. The van der Waals surface area contributed by atoms with Crippen molar-refractivity contribution in [2.75, 3.05) is 21.1 Å². The van der Waals surface area contributed by atoms with Crippen molar-refractivity contribution in [2.45, 2.75) is 19.4 Å². The van der Waals surface area contributed by atoms with Gasteiger partial charge in [-0.25, -0.2) is 8.42 Å². The van der Waals surface area contributed by atoms with Gasteiger partial charge in [0.15, 0.2) is 5.78 Å². The second kappa shape index (κ2) is 3.31. The third-order valence-corrected chi connectivity index (χ3v) is 4.60. The van der Waals surface area contributed by atoms with Crippen LogP contribution < -0.4 is 0 Å². The fourth-order valence-electron chi connectivity index (χ4n) is 1.37. The number of likely N-dealkylation sites (N-methyl/N-ethyl adjacent to an activating group) is 1. The molecule has 0 unspecified atom stereocenters. The Balaban J connectivity index is 3.40. The van der Waals surface area contributed by atoms with E-state index in [0.717, 1.165) is 4.31 Å². The number of carbonyl (C=O) groups excluding carboxylic acids is 1. The zero-order valence-electron chi connectivity index (χ0n) is 9.60. The first-order chi connectivity index (χ1) is 6.61. The van der Waals surface area contributed by atoms with Crippen LogP contribution in [0, 0.1) is 0 Å². The number of rotatable bonds is 1. The van der Waals surface area contributed by atoms with E-state index in [-0.39, 0.29) is 10.7 Å². The van der Waals surface area contributed by atoms with Gasteiger partial charge in [0.25, 0.3) is 0 Å². The second-order valence-electron chi connectivity index (χ2n) is 4.32. The Morgan fingerprint density at radius 3 is 2.07 bits per heavy atom. The summed E-state index contributed by atoms with van der Waals surface area (Å²) >= 11 is 0. The van der Waals surface area contributed by atoms with Crippen LogP contribution in [0.25, 0.3) is 0 Å². The van der Waals surface area contributed by atoms with Gasteiger partial charge >= 0.3 is 0 Å². The van der Waals surface area contributed by atoms with Gasteiger partial charge in [0.1, 0.15) is 4.91 Å². The Kier molecular flexibility index (Phi) is 2.69. The Bertz CT molecular complexity index is 421. The monoisotopic (exact) mass is 232 g/mol. The fourth-order valence-corrected chi connectivity index (χ4v) is 3.18. The number of nitrogens with zero attached hydrogens (tertiary/aromatic N) is 2. The van der Waals surface area contributed by atoms with Crippen LogP contribution in [0.5, 0.6) is 0 Å². The molecule has 0 spiro atoms. The molecule has 1 aliphatic rings. The van der Waals surface area contributed by atoms with Crippen LogP contribution in [-0.4, -0.2) is 50.1 Å². The van der Waals surface area contributed by atoms with Crippen molar-refractivity contribution in [3.05, 3.63) is 11.1 Å². The molecular weight excluding hydrogens is 216 g/mol. The Hall–Kier alpha value is -0.880. The lowest BCUT2D eigenvalue weighted by Crippen LogP contribution is -2.41. The molecule has 0 radical (unpaired) electrons. The highest BCUT2D eigenvalue weighted by atomic mass is 32.2. The Morgan fingerprint density at radius 1 is 1.33 bits per heavy atom. The molecule has 5 nitrogen and oxygen atoms in total. The summed E-state index contributed by atoms with van der Waals surface area (Å²) in [4.78, 5) is 13.3. The molecule has 1 heterocycles. The molecular formula is C9H16N2O3S. The molecule has 0 bridgehead atoms. The molecule has 0 aliphatic carbocycles. The van der Waals surface area contributed by atoms with Gasteiger partial charge in [0.05, 0.1) is 5.54 Å². The first-order valence-corrected chi connectivity index (χ1v) is 5.98. The van der Waals surface area contributed by atoms with E-state index in [1.807, 2.05) is 0 Å². The zero-order valence-corrected chi connectivity index (χ0v) is 10.4. The van der Waals surface area contributed by atoms with Crippen LogP contribution in [0.3, 0.4) is 0 Å². The van der Waals surface area contributed by atoms with Gasteiger partial charge in [-0.1, -0.05) is 0 Å². The van der Waals surface area contributed by atoms with Crippen LogP contribution in [0.15, 0.2) is 11.1 Å². The van der Waals surface area contributed by atoms with Crippen molar-refractivity contribution in [1.29, 1.82) is 0 Å². The van der Waals surface area contributed by atoms with Crippen molar-refractivity contribution >= 4 is 15.8 Å². The summed E-state index contributed by atoms with van der Waals surface area (Å²) in [6, 6.07) is 0. The van der Waals surface area contributed by atoms with Crippen molar-refractivity contribution in [3.8, 4) is 0 Å². The summed E-state index contributed by atoms with van der Waals surface area (Å²) < 4.78 is 24.8. The highest BCUT2D eigenvalue weighted by Crippen LogP contribution is 2.34. The van der Waals surface area contributed by atoms with E-state index in [0.29, 0.717) is 0 Å². The number of carbonyl (C=O) groups is 1. The summed E-state index contributed by atoms with van der Waals surface area (Å²) in [6.45, 7) is 3.20. The largest absolute Gasteiger partial charge is 0.382 e.